The molecule has 2 saturated heterocycles. The molecule has 0 aromatic carbocycles. The lowest BCUT2D eigenvalue weighted by Gasteiger charge is -2.42. The maximum absolute atomic E-state index is 12.9. The predicted octanol–water partition coefficient (Wildman–Crippen LogP) is 1.10. The van der Waals surface area contributed by atoms with Gasteiger partial charge in [0.05, 0.1) is 18.2 Å². The molecular formula is C18H26N4O2. The number of oxazole rings is 1. The molecule has 4 heterocycles. The molecule has 1 amide bonds. The van der Waals surface area contributed by atoms with Crippen LogP contribution in [0.5, 0.6) is 0 Å². The van der Waals surface area contributed by atoms with Gasteiger partial charge in [-0.2, -0.15) is 0 Å². The molecule has 6 heteroatoms. The highest BCUT2D eigenvalue weighted by Gasteiger charge is 2.38. The molecule has 3 unspecified atom stereocenters. The summed E-state index contributed by atoms with van der Waals surface area (Å²) in [6.45, 7) is 9.04. The lowest BCUT2D eigenvalue weighted by atomic mass is 9.78. The average Bonchev–Trinajstić information content (AvgIpc) is 2.93. The summed E-state index contributed by atoms with van der Waals surface area (Å²) in [6.07, 6.45) is 5.45. The van der Waals surface area contributed by atoms with Crippen molar-refractivity contribution in [3.05, 3.63) is 29.5 Å². The van der Waals surface area contributed by atoms with Gasteiger partial charge in [-0.3, -0.25) is 9.69 Å². The summed E-state index contributed by atoms with van der Waals surface area (Å²) in [5.41, 5.74) is 0.965. The fraction of sp³-hybridized carbons (Fsp3) is 0.667. The number of amides is 1. The zero-order chi connectivity index (χ0) is 16.7. The first-order valence-corrected chi connectivity index (χ1v) is 8.96. The molecule has 5 rings (SSSR count). The number of rotatable bonds is 3. The van der Waals surface area contributed by atoms with Gasteiger partial charge < -0.3 is 14.6 Å². The minimum atomic E-state index is 0.123. The Balaban J connectivity index is 1.31. The van der Waals surface area contributed by atoms with Gasteiger partial charge in [0.15, 0.2) is 0 Å². The number of carbonyl (C=O) groups is 1. The summed E-state index contributed by atoms with van der Waals surface area (Å²) >= 11 is 0. The molecule has 4 aliphatic rings. The number of hydrogen-bond donors (Lipinski definition) is 1. The van der Waals surface area contributed by atoms with Crippen molar-refractivity contribution in [1.82, 2.24) is 20.1 Å². The SMILES string of the molecule is Cc1nc(CN2CCN(C(=O)C3CC4C=CC3NC4)CC2)oc1C. The molecule has 0 spiro atoms. The molecule has 2 fully saturated rings. The summed E-state index contributed by atoms with van der Waals surface area (Å²) in [7, 11) is 0. The van der Waals surface area contributed by atoms with Crippen LogP contribution in [0.2, 0.25) is 0 Å². The van der Waals surface area contributed by atoms with Crippen molar-refractivity contribution in [3.8, 4) is 0 Å². The topological polar surface area (TPSA) is 61.6 Å². The van der Waals surface area contributed by atoms with Crippen LogP contribution >= 0.6 is 0 Å². The van der Waals surface area contributed by atoms with Crippen LogP contribution in [0.25, 0.3) is 0 Å². The van der Waals surface area contributed by atoms with E-state index in [1.807, 2.05) is 18.7 Å². The van der Waals surface area contributed by atoms with E-state index < -0.39 is 0 Å². The normalized spacial score (nSPS) is 30.1. The van der Waals surface area contributed by atoms with Crippen LogP contribution in [-0.2, 0) is 11.3 Å². The standard InChI is InChI=1S/C18H26N4O2/c1-12-13(2)24-17(20-12)11-21-5-7-22(8-6-21)18(23)15-9-14-3-4-16(15)19-10-14/h3-4,14-16,19H,5-11H2,1-2H3. The van der Waals surface area contributed by atoms with Gasteiger partial charge in [0.25, 0.3) is 0 Å². The van der Waals surface area contributed by atoms with Gasteiger partial charge in [-0.15, -0.1) is 0 Å². The first-order valence-electron chi connectivity index (χ1n) is 8.96. The van der Waals surface area contributed by atoms with Crippen LogP contribution < -0.4 is 5.32 Å². The third-order valence-electron chi connectivity index (χ3n) is 5.63. The van der Waals surface area contributed by atoms with Crippen LogP contribution in [0.1, 0.15) is 23.8 Å². The zero-order valence-corrected chi connectivity index (χ0v) is 14.5. The molecule has 3 atom stereocenters. The zero-order valence-electron chi connectivity index (χ0n) is 14.5. The Labute approximate surface area is 142 Å². The first-order chi connectivity index (χ1) is 11.6. The maximum atomic E-state index is 12.9. The molecule has 6 nitrogen and oxygen atoms in total. The Bertz CT molecular complexity index is 626. The summed E-state index contributed by atoms with van der Waals surface area (Å²) < 4.78 is 5.67. The number of fused-ring (bicyclic) bond motifs is 2. The quantitative estimate of drug-likeness (QED) is 0.841. The number of piperidine rings is 1. The van der Waals surface area contributed by atoms with Crippen molar-refractivity contribution in [1.29, 1.82) is 0 Å². The van der Waals surface area contributed by atoms with Crippen LogP contribution in [0.15, 0.2) is 16.6 Å². The molecule has 130 valence electrons. The number of nitrogens with zero attached hydrogens (tertiary/aromatic N) is 3. The molecule has 2 bridgehead atoms. The minimum Gasteiger partial charge on any atom is -0.444 e. The van der Waals surface area contributed by atoms with E-state index in [0.29, 0.717) is 11.8 Å². The van der Waals surface area contributed by atoms with Crippen molar-refractivity contribution in [3.63, 3.8) is 0 Å². The number of carbonyl (C=O) groups excluding carboxylic acids is 1. The number of hydrogen-bond acceptors (Lipinski definition) is 5. The monoisotopic (exact) mass is 330 g/mol. The summed E-state index contributed by atoms with van der Waals surface area (Å²) in [4.78, 5) is 21.7. The summed E-state index contributed by atoms with van der Waals surface area (Å²) in [5.74, 6) is 2.65. The van der Waals surface area contributed by atoms with Gasteiger partial charge in [0.2, 0.25) is 11.8 Å². The predicted molar refractivity (Wildman–Crippen MR) is 90.4 cm³/mol. The third-order valence-corrected chi connectivity index (χ3v) is 5.63. The van der Waals surface area contributed by atoms with Crippen LogP contribution in [0, 0.1) is 25.7 Å². The smallest absolute Gasteiger partial charge is 0.227 e. The van der Waals surface area contributed by atoms with E-state index in [4.69, 9.17) is 4.42 Å². The largest absolute Gasteiger partial charge is 0.444 e. The molecule has 1 aromatic rings. The Morgan fingerprint density at radius 3 is 2.62 bits per heavy atom. The Hall–Kier alpha value is -1.66. The molecular weight excluding hydrogens is 304 g/mol. The number of nitrogens with one attached hydrogen (secondary N) is 1. The van der Waals surface area contributed by atoms with Gasteiger partial charge in [0, 0.05) is 38.8 Å². The van der Waals surface area contributed by atoms with E-state index in [0.717, 1.165) is 63.0 Å². The van der Waals surface area contributed by atoms with Crippen molar-refractivity contribution in [2.24, 2.45) is 11.8 Å². The number of piperazine rings is 1. The lowest BCUT2D eigenvalue weighted by molar-refractivity contribution is -0.139. The second kappa shape index (κ2) is 6.33. The molecule has 1 aliphatic carbocycles. The van der Waals surface area contributed by atoms with Crippen LogP contribution in [-0.4, -0.2) is 59.5 Å². The van der Waals surface area contributed by atoms with E-state index in [2.05, 4.69) is 27.4 Å². The Kier molecular flexibility index (Phi) is 4.18. The molecule has 0 saturated carbocycles. The van der Waals surface area contributed by atoms with Crippen molar-refractivity contribution < 1.29 is 9.21 Å². The van der Waals surface area contributed by atoms with Gasteiger partial charge in [-0.25, -0.2) is 4.98 Å². The molecule has 3 aliphatic heterocycles. The van der Waals surface area contributed by atoms with E-state index in [-0.39, 0.29) is 12.0 Å². The van der Waals surface area contributed by atoms with Crippen molar-refractivity contribution in [2.75, 3.05) is 32.7 Å². The number of aryl methyl sites for hydroxylation is 2. The van der Waals surface area contributed by atoms with E-state index in [1.165, 1.54) is 0 Å². The summed E-state index contributed by atoms with van der Waals surface area (Å²) in [6, 6.07) is 0.235. The van der Waals surface area contributed by atoms with Gasteiger partial charge in [0.1, 0.15) is 5.76 Å². The highest BCUT2D eigenvalue weighted by Crippen LogP contribution is 2.30. The molecule has 1 aromatic heterocycles. The fourth-order valence-corrected chi connectivity index (χ4v) is 4.02. The lowest BCUT2D eigenvalue weighted by Crippen LogP contribution is -2.56. The van der Waals surface area contributed by atoms with E-state index in [1.54, 1.807) is 0 Å². The fourth-order valence-electron chi connectivity index (χ4n) is 4.02. The molecule has 0 radical (unpaired) electrons. The first kappa shape index (κ1) is 15.8. The van der Waals surface area contributed by atoms with Crippen LogP contribution in [0.3, 0.4) is 0 Å². The van der Waals surface area contributed by atoms with E-state index >= 15 is 0 Å². The third kappa shape index (κ3) is 3.00. The van der Waals surface area contributed by atoms with Crippen molar-refractivity contribution >= 4 is 5.91 Å². The Morgan fingerprint density at radius 1 is 1.29 bits per heavy atom. The summed E-state index contributed by atoms with van der Waals surface area (Å²) in [5, 5.41) is 3.47. The second-order valence-electron chi connectivity index (χ2n) is 7.27. The number of aromatic nitrogens is 1. The molecule has 24 heavy (non-hydrogen) atoms. The highest BCUT2D eigenvalue weighted by atomic mass is 16.4. The second-order valence-corrected chi connectivity index (χ2v) is 7.27. The van der Waals surface area contributed by atoms with Crippen molar-refractivity contribution in [2.45, 2.75) is 32.9 Å². The van der Waals surface area contributed by atoms with Gasteiger partial charge >= 0.3 is 0 Å². The van der Waals surface area contributed by atoms with Gasteiger partial charge in [-0.05, 0) is 26.2 Å². The maximum Gasteiger partial charge on any atom is 0.227 e. The minimum absolute atomic E-state index is 0.123. The molecule has 1 N–H and O–H groups in total. The van der Waals surface area contributed by atoms with Gasteiger partial charge in [-0.1, -0.05) is 12.2 Å². The van der Waals surface area contributed by atoms with Crippen LogP contribution in [0.4, 0.5) is 0 Å². The average molecular weight is 330 g/mol. The highest BCUT2D eigenvalue weighted by molar-refractivity contribution is 5.80. The van der Waals surface area contributed by atoms with E-state index in [9.17, 15) is 4.79 Å². The Morgan fingerprint density at radius 2 is 2.08 bits per heavy atom.